The Morgan fingerprint density at radius 1 is 0.222 bits per heavy atom. The van der Waals surface area contributed by atoms with Crippen LogP contribution in [0, 0.1) is 0 Å². The lowest BCUT2D eigenvalue weighted by Gasteiger charge is -2.12. The Kier molecular flexibility index (Phi) is 5.39. The molecule has 0 bridgehead atoms. The first-order chi connectivity index (χ1) is 26.8. The van der Waals surface area contributed by atoms with Gasteiger partial charge in [0.2, 0.25) is 0 Å². The van der Waals surface area contributed by atoms with E-state index in [-0.39, 0.29) is 0 Å². The molecule has 0 radical (unpaired) electrons. The molecule has 0 saturated heterocycles. The maximum Gasteiger partial charge on any atom is 0.0783 e. The molecule has 54 heavy (non-hydrogen) atoms. The van der Waals surface area contributed by atoms with Crippen LogP contribution in [0.5, 0.6) is 0 Å². The smallest absolute Gasteiger partial charge is 0.0783 e. The zero-order valence-electron chi connectivity index (χ0n) is 29.2. The molecule has 2 heteroatoms. The molecule has 0 unspecified atom stereocenters. The van der Waals surface area contributed by atoms with Crippen molar-refractivity contribution < 1.29 is 0 Å². The van der Waals surface area contributed by atoms with E-state index >= 15 is 0 Å². The number of fused-ring (bicyclic) bond motifs is 14. The number of rotatable bonds is 2. The Labute approximate surface area is 309 Å². The van der Waals surface area contributed by atoms with E-state index < -0.39 is 0 Å². The molecule has 3 aromatic heterocycles. The largest absolute Gasteiger partial charge is 0.305 e. The predicted octanol–water partition coefficient (Wildman–Crippen LogP) is 14.2. The van der Waals surface area contributed by atoms with Gasteiger partial charge in [0.25, 0.3) is 0 Å². The van der Waals surface area contributed by atoms with E-state index in [1.807, 2.05) is 0 Å². The molecule has 0 fully saturated rings. The van der Waals surface area contributed by atoms with Crippen LogP contribution >= 0.6 is 0 Å². The van der Waals surface area contributed by atoms with Crippen molar-refractivity contribution in [3.63, 3.8) is 0 Å². The van der Waals surface area contributed by atoms with Crippen molar-refractivity contribution in [2.45, 2.75) is 0 Å². The highest BCUT2D eigenvalue weighted by Crippen LogP contribution is 2.46. The molecule has 0 amide bonds. The summed E-state index contributed by atoms with van der Waals surface area (Å²) < 4.78 is 5.07. The Balaban J connectivity index is 1.15. The number of aromatic nitrogens is 2. The molecule has 13 aromatic rings. The van der Waals surface area contributed by atoms with Gasteiger partial charge in [0.15, 0.2) is 0 Å². The highest BCUT2D eigenvalue weighted by molar-refractivity contribution is 6.30. The lowest BCUT2D eigenvalue weighted by atomic mass is 9.92. The number of hydrogen-bond donors (Lipinski definition) is 0. The Hall–Kier alpha value is -7.16. The first-order valence-corrected chi connectivity index (χ1v) is 18.8. The quantitative estimate of drug-likeness (QED) is 0.161. The lowest BCUT2D eigenvalue weighted by Crippen LogP contribution is -1.96. The van der Waals surface area contributed by atoms with Crippen molar-refractivity contribution in [3.05, 3.63) is 182 Å². The molecule has 0 N–H and O–H groups in total. The zero-order chi connectivity index (χ0) is 35.1. The monoisotopic (exact) mass is 682 g/mol. The van der Waals surface area contributed by atoms with Crippen molar-refractivity contribution in [2.75, 3.05) is 0 Å². The SMILES string of the molecule is c1ccc2c(-c3cccc4c3ccc3c4c4cccc5c4n3c3cccc4c6c7cccc(-c8cccc9ccccc89)c7ccc6n5c43)cccc2c1. The average molecular weight is 683 g/mol. The summed E-state index contributed by atoms with van der Waals surface area (Å²) in [5.41, 5.74) is 12.6. The zero-order valence-corrected chi connectivity index (χ0v) is 29.2. The van der Waals surface area contributed by atoms with Crippen LogP contribution in [0.3, 0.4) is 0 Å². The Bertz CT molecular complexity index is 3470. The van der Waals surface area contributed by atoms with Gasteiger partial charge in [0.05, 0.1) is 33.1 Å². The van der Waals surface area contributed by atoms with Crippen molar-refractivity contribution in [1.82, 2.24) is 8.80 Å². The second-order valence-electron chi connectivity index (χ2n) is 14.8. The molecule has 3 heterocycles. The van der Waals surface area contributed by atoms with Crippen molar-refractivity contribution in [1.29, 1.82) is 0 Å². The van der Waals surface area contributed by atoms with Crippen LogP contribution in [0.1, 0.15) is 0 Å². The maximum atomic E-state index is 2.54. The van der Waals surface area contributed by atoms with Gasteiger partial charge >= 0.3 is 0 Å². The highest BCUT2D eigenvalue weighted by Gasteiger charge is 2.23. The molecule has 0 aliphatic carbocycles. The van der Waals surface area contributed by atoms with Gasteiger partial charge in [-0.3, -0.25) is 0 Å². The predicted molar refractivity (Wildman–Crippen MR) is 230 cm³/mol. The molecule has 2 nitrogen and oxygen atoms in total. The fraction of sp³-hybridized carbons (Fsp3) is 0. The minimum absolute atomic E-state index is 1.23. The molecule has 0 atom stereocenters. The maximum absolute atomic E-state index is 2.54. The summed E-state index contributed by atoms with van der Waals surface area (Å²) in [6.07, 6.45) is 0. The molecule has 0 aliphatic heterocycles. The number of para-hydroxylation sites is 2. The summed E-state index contributed by atoms with van der Waals surface area (Å²) in [6, 6.07) is 67.6. The van der Waals surface area contributed by atoms with E-state index in [0.717, 1.165) is 0 Å². The summed E-state index contributed by atoms with van der Waals surface area (Å²) >= 11 is 0. The fourth-order valence-corrected chi connectivity index (χ4v) is 10.1. The van der Waals surface area contributed by atoms with Gasteiger partial charge in [-0.1, -0.05) is 158 Å². The van der Waals surface area contributed by atoms with Gasteiger partial charge in [-0.05, 0) is 89.6 Å². The summed E-state index contributed by atoms with van der Waals surface area (Å²) in [4.78, 5) is 0. The van der Waals surface area contributed by atoms with Gasteiger partial charge in [-0.2, -0.15) is 0 Å². The fourth-order valence-electron chi connectivity index (χ4n) is 10.1. The number of hydrogen-bond acceptors (Lipinski definition) is 0. The number of nitrogens with zero attached hydrogens (tertiary/aromatic N) is 2. The van der Waals surface area contributed by atoms with Crippen LogP contribution in [0.15, 0.2) is 182 Å². The van der Waals surface area contributed by atoms with Crippen molar-refractivity contribution in [2.24, 2.45) is 0 Å². The minimum Gasteiger partial charge on any atom is -0.305 e. The standard InChI is InChI=1S/C52H30N2/c1-3-15-33-31(11-1)13-5-17-35(33)37-19-7-21-41-39(37)27-29-45-49(41)43-23-9-25-47-51(43)53(45)48-26-10-24-44-50-42-22-8-20-38(40(42)28-30-46(50)54(47)52(44)48)36-18-6-14-32-12-2-4-16-34(32)36/h1-30H. The summed E-state index contributed by atoms with van der Waals surface area (Å²) in [6.45, 7) is 0. The van der Waals surface area contributed by atoms with Crippen LogP contribution in [0.25, 0.3) is 120 Å². The lowest BCUT2D eigenvalue weighted by molar-refractivity contribution is 1.26. The molecule has 13 rings (SSSR count). The van der Waals surface area contributed by atoms with Crippen molar-refractivity contribution >= 4 is 97.7 Å². The van der Waals surface area contributed by atoms with Crippen molar-refractivity contribution in [3.8, 4) is 22.3 Å². The second-order valence-corrected chi connectivity index (χ2v) is 14.8. The van der Waals surface area contributed by atoms with Crippen LogP contribution in [0.2, 0.25) is 0 Å². The summed E-state index contributed by atoms with van der Waals surface area (Å²) in [5.74, 6) is 0. The van der Waals surface area contributed by atoms with Crippen LogP contribution in [-0.2, 0) is 0 Å². The first kappa shape index (κ1) is 28.4. The molecule has 10 aromatic carbocycles. The topological polar surface area (TPSA) is 8.82 Å². The third kappa shape index (κ3) is 3.50. The molecular formula is C52H30N2. The third-order valence-electron chi connectivity index (χ3n) is 12.2. The third-order valence-corrected chi connectivity index (χ3v) is 12.2. The van der Waals surface area contributed by atoms with Gasteiger partial charge in [0.1, 0.15) is 0 Å². The van der Waals surface area contributed by atoms with Crippen LogP contribution in [0.4, 0.5) is 0 Å². The Morgan fingerprint density at radius 3 is 1.06 bits per heavy atom. The van der Waals surface area contributed by atoms with Gasteiger partial charge in [0, 0.05) is 21.5 Å². The van der Waals surface area contributed by atoms with Gasteiger partial charge in [-0.25, -0.2) is 0 Å². The second kappa shape index (κ2) is 10.2. The highest BCUT2D eigenvalue weighted by atomic mass is 15.0. The molecule has 248 valence electrons. The minimum atomic E-state index is 1.23. The normalized spacial score (nSPS) is 12.4. The molecule has 0 aliphatic rings. The molecular weight excluding hydrogens is 653 g/mol. The summed E-state index contributed by atoms with van der Waals surface area (Å²) in [5, 5.41) is 15.4. The van der Waals surface area contributed by atoms with E-state index in [9.17, 15) is 0 Å². The summed E-state index contributed by atoms with van der Waals surface area (Å²) in [7, 11) is 0. The number of benzene rings is 10. The van der Waals surface area contributed by atoms with Gasteiger partial charge < -0.3 is 8.80 Å². The van der Waals surface area contributed by atoms with Gasteiger partial charge in [-0.15, -0.1) is 0 Å². The van der Waals surface area contributed by atoms with E-state index in [1.54, 1.807) is 0 Å². The van der Waals surface area contributed by atoms with E-state index in [0.29, 0.717) is 0 Å². The first-order valence-electron chi connectivity index (χ1n) is 18.8. The molecule has 0 saturated carbocycles. The van der Waals surface area contributed by atoms with E-state index in [2.05, 4.69) is 191 Å². The van der Waals surface area contributed by atoms with Crippen LogP contribution < -0.4 is 0 Å². The Morgan fingerprint density at radius 2 is 0.574 bits per heavy atom. The average Bonchev–Trinajstić information content (AvgIpc) is 3.77. The van der Waals surface area contributed by atoms with E-state index in [4.69, 9.17) is 0 Å². The van der Waals surface area contributed by atoms with Crippen LogP contribution in [-0.4, -0.2) is 8.80 Å². The van der Waals surface area contributed by atoms with E-state index in [1.165, 1.54) is 120 Å². The molecule has 0 spiro atoms.